The van der Waals surface area contributed by atoms with Gasteiger partial charge in [0.25, 0.3) is 5.91 Å². The highest BCUT2D eigenvalue weighted by Crippen LogP contribution is 2.28. The Morgan fingerprint density at radius 1 is 1.53 bits per heavy atom. The fourth-order valence-electron chi connectivity index (χ4n) is 1.56. The number of thiophene rings is 1. The van der Waals surface area contributed by atoms with E-state index in [4.69, 9.17) is 0 Å². The van der Waals surface area contributed by atoms with Crippen molar-refractivity contribution in [3.63, 3.8) is 0 Å². The van der Waals surface area contributed by atoms with E-state index >= 15 is 0 Å². The molecule has 0 fully saturated rings. The van der Waals surface area contributed by atoms with Crippen LogP contribution in [0.2, 0.25) is 0 Å². The van der Waals surface area contributed by atoms with Gasteiger partial charge in [0.2, 0.25) is 0 Å². The number of hydrogen-bond donors (Lipinski definition) is 3. The maximum absolute atomic E-state index is 11.5. The fraction of sp³-hybridized carbons (Fsp3) is 0.273. The molecule has 0 aromatic carbocycles. The predicted octanol–water partition coefficient (Wildman–Crippen LogP) is 0.475. The second kappa shape index (κ2) is 5.00. The van der Waals surface area contributed by atoms with E-state index in [1.165, 1.54) is 17.9 Å². The number of nitrogens with zero attached hydrogens (tertiary/aromatic N) is 2. The third kappa shape index (κ3) is 2.75. The predicted molar refractivity (Wildman–Crippen MR) is 68.6 cm³/mol. The van der Waals surface area contributed by atoms with Crippen LogP contribution in [-0.2, 0) is 17.7 Å². The highest BCUT2D eigenvalue weighted by Gasteiger charge is 2.33. The van der Waals surface area contributed by atoms with Gasteiger partial charge in [0.15, 0.2) is 5.82 Å². The molecule has 2 aromatic heterocycles. The summed E-state index contributed by atoms with van der Waals surface area (Å²) in [6, 6.07) is 3.01. The van der Waals surface area contributed by atoms with Crippen LogP contribution in [0.4, 0.5) is 5.82 Å². The van der Waals surface area contributed by atoms with Gasteiger partial charge in [-0.1, -0.05) is 0 Å². The summed E-state index contributed by atoms with van der Waals surface area (Å²) in [5, 5.41) is 28.1. The van der Waals surface area contributed by atoms with Crippen molar-refractivity contribution in [2.75, 3.05) is 12.4 Å². The second-order valence-electron chi connectivity index (χ2n) is 3.83. The third-order valence-electron chi connectivity index (χ3n) is 2.43. The van der Waals surface area contributed by atoms with Crippen LogP contribution in [0.15, 0.2) is 23.7 Å². The van der Waals surface area contributed by atoms with E-state index in [1.807, 2.05) is 0 Å². The number of aliphatic hydroxyl groups is 2. The molecule has 0 saturated heterocycles. The summed E-state index contributed by atoms with van der Waals surface area (Å²) < 4.78 is 6.09. The Morgan fingerprint density at radius 3 is 2.84 bits per heavy atom. The van der Waals surface area contributed by atoms with E-state index in [0.29, 0.717) is 0 Å². The van der Waals surface area contributed by atoms with Crippen LogP contribution < -0.4 is 5.32 Å². The highest BCUT2D eigenvalue weighted by molar-refractivity contribution is 7.12. The van der Waals surface area contributed by atoms with Gasteiger partial charge in [-0.3, -0.25) is 4.68 Å². The first-order valence-corrected chi connectivity index (χ1v) is 6.21. The van der Waals surface area contributed by atoms with Crippen molar-refractivity contribution >= 4 is 23.1 Å². The Bertz CT molecular complexity index is 590. The summed E-state index contributed by atoms with van der Waals surface area (Å²) in [5.74, 6) is -2.76. The molecular formula is C11H13N3O4S. The first-order chi connectivity index (χ1) is 8.94. The molecule has 2 aromatic rings. The summed E-state index contributed by atoms with van der Waals surface area (Å²) in [6.45, 7) is 0. The molecule has 19 heavy (non-hydrogen) atoms. The van der Waals surface area contributed by atoms with Gasteiger partial charge >= 0.3 is 5.97 Å². The van der Waals surface area contributed by atoms with Crippen LogP contribution >= 0.6 is 11.3 Å². The van der Waals surface area contributed by atoms with Crippen LogP contribution in [0, 0.1) is 0 Å². The zero-order valence-electron chi connectivity index (χ0n) is 10.3. The van der Waals surface area contributed by atoms with Gasteiger partial charge < -0.3 is 20.3 Å². The summed E-state index contributed by atoms with van der Waals surface area (Å²) in [7, 11) is 2.93. The molecule has 0 amide bonds. The SMILES string of the molecule is COC(=O)c1sccc1C(O)(O)Nc1ccn(C)n1. The number of aryl methyl sites for hydroxylation is 1. The Balaban J connectivity index is 2.29. The number of ether oxygens (including phenoxy) is 1. The quantitative estimate of drug-likeness (QED) is 0.558. The van der Waals surface area contributed by atoms with Gasteiger partial charge in [-0.05, 0) is 11.4 Å². The Labute approximate surface area is 113 Å². The van der Waals surface area contributed by atoms with Crippen molar-refractivity contribution in [3.8, 4) is 0 Å². The molecule has 0 saturated carbocycles. The molecule has 2 heterocycles. The monoisotopic (exact) mass is 283 g/mol. The number of hydrogen-bond acceptors (Lipinski definition) is 7. The number of carbonyl (C=O) groups excluding carboxylic acids is 1. The van der Waals surface area contributed by atoms with Crippen LogP contribution in [0.3, 0.4) is 0 Å². The van der Waals surface area contributed by atoms with Gasteiger partial charge in [0, 0.05) is 19.3 Å². The smallest absolute Gasteiger partial charge is 0.348 e. The second-order valence-corrected chi connectivity index (χ2v) is 4.74. The lowest BCUT2D eigenvalue weighted by atomic mass is 10.2. The minimum absolute atomic E-state index is 0.0232. The number of methoxy groups -OCH3 is 1. The average Bonchev–Trinajstić information content (AvgIpc) is 2.97. The van der Waals surface area contributed by atoms with Crippen molar-refractivity contribution in [2.24, 2.45) is 7.05 Å². The molecular weight excluding hydrogens is 270 g/mol. The fourth-order valence-corrected chi connectivity index (χ4v) is 2.42. The summed E-state index contributed by atoms with van der Waals surface area (Å²) in [6.07, 6.45) is 1.65. The number of rotatable bonds is 4. The molecule has 102 valence electrons. The maximum atomic E-state index is 11.5. The van der Waals surface area contributed by atoms with E-state index in [2.05, 4.69) is 15.2 Å². The number of anilines is 1. The minimum atomic E-state index is -2.40. The highest BCUT2D eigenvalue weighted by atomic mass is 32.1. The van der Waals surface area contributed by atoms with Gasteiger partial charge in [-0.15, -0.1) is 11.3 Å². The van der Waals surface area contributed by atoms with Gasteiger partial charge in [-0.2, -0.15) is 5.10 Å². The maximum Gasteiger partial charge on any atom is 0.348 e. The van der Waals surface area contributed by atoms with Crippen molar-refractivity contribution < 1.29 is 19.7 Å². The molecule has 0 aliphatic carbocycles. The molecule has 0 atom stereocenters. The Morgan fingerprint density at radius 2 is 2.26 bits per heavy atom. The number of nitrogens with one attached hydrogen (secondary N) is 1. The zero-order chi connectivity index (χ0) is 14.0. The summed E-state index contributed by atoms with van der Waals surface area (Å²) in [4.78, 5) is 11.6. The van der Waals surface area contributed by atoms with E-state index in [-0.39, 0.29) is 16.3 Å². The molecule has 0 bridgehead atoms. The van der Waals surface area contributed by atoms with Crippen LogP contribution in [0.25, 0.3) is 0 Å². The lowest BCUT2D eigenvalue weighted by molar-refractivity contribution is -0.144. The van der Waals surface area contributed by atoms with E-state index in [1.54, 1.807) is 24.7 Å². The number of aromatic nitrogens is 2. The first-order valence-electron chi connectivity index (χ1n) is 5.33. The molecule has 8 heteroatoms. The van der Waals surface area contributed by atoms with Crippen LogP contribution in [0.1, 0.15) is 15.2 Å². The molecule has 0 radical (unpaired) electrons. The van der Waals surface area contributed by atoms with Crippen LogP contribution in [0.5, 0.6) is 0 Å². The van der Waals surface area contributed by atoms with Crippen molar-refractivity contribution in [1.82, 2.24) is 9.78 Å². The largest absolute Gasteiger partial charge is 0.465 e. The standard InChI is InChI=1S/C11H13N3O4S/c1-14-5-3-8(13-14)12-11(16,17)7-4-6-19-9(7)10(15)18-2/h3-6,16-17H,1-2H3,(H,12,13). The minimum Gasteiger partial charge on any atom is -0.465 e. The molecule has 0 aliphatic rings. The van der Waals surface area contributed by atoms with Gasteiger partial charge in [0.05, 0.1) is 12.7 Å². The number of carbonyl (C=O) groups is 1. The normalized spacial score (nSPS) is 11.4. The number of esters is 1. The van der Waals surface area contributed by atoms with Crippen molar-refractivity contribution in [2.45, 2.75) is 5.91 Å². The molecule has 0 spiro atoms. The Kier molecular flexibility index (Phi) is 3.56. The van der Waals surface area contributed by atoms with E-state index < -0.39 is 11.9 Å². The zero-order valence-corrected chi connectivity index (χ0v) is 11.1. The topological polar surface area (TPSA) is 96.6 Å². The van der Waals surface area contributed by atoms with E-state index in [0.717, 1.165) is 11.3 Å². The summed E-state index contributed by atoms with van der Waals surface area (Å²) >= 11 is 1.06. The lowest BCUT2D eigenvalue weighted by Gasteiger charge is -2.22. The Hall–Kier alpha value is -1.90. The van der Waals surface area contributed by atoms with Crippen LogP contribution in [-0.4, -0.2) is 33.1 Å². The average molecular weight is 283 g/mol. The van der Waals surface area contributed by atoms with Gasteiger partial charge in [0.1, 0.15) is 4.88 Å². The molecule has 2 rings (SSSR count). The third-order valence-corrected chi connectivity index (χ3v) is 3.32. The van der Waals surface area contributed by atoms with Crippen molar-refractivity contribution in [1.29, 1.82) is 0 Å². The molecule has 3 N–H and O–H groups in total. The molecule has 0 aliphatic heterocycles. The molecule has 7 nitrogen and oxygen atoms in total. The summed E-state index contributed by atoms with van der Waals surface area (Å²) in [5.41, 5.74) is 0.0232. The van der Waals surface area contributed by atoms with Crippen molar-refractivity contribution in [3.05, 3.63) is 34.2 Å². The van der Waals surface area contributed by atoms with Gasteiger partial charge in [-0.25, -0.2) is 4.79 Å². The first kappa shape index (κ1) is 13.5. The lowest BCUT2D eigenvalue weighted by Crippen LogP contribution is -2.36. The van der Waals surface area contributed by atoms with E-state index in [9.17, 15) is 15.0 Å². The molecule has 0 unspecified atom stereocenters.